The summed E-state index contributed by atoms with van der Waals surface area (Å²) in [5.74, 6) is 0.580. The molecule has 2 aromatic carbocycles. The average molecular weight is 472 g/mol. The van der Waals surface area contributed by atoms with Crippen LogP contribution < -0.4 is 9.61 Å². The highest BCUT2D eigenvalue weighted by molar-refractivity contribution is 7.03. The number of aryl methyl sites for hydroxylation is 2. The number of fused-ring (bicyclic) bond motifs is 1. The first-order valence-electron chi connectivity index (χ1n) is 11.2. The zero-order chi connectivity index (χ0) is 23.8. The Labute approximate surface area is 201 Å². The van der Waals surface area contributed by atoms with Gasteiger partial charge in [0.1, 0.15) is 5.52 Å². The van der Waals surface area contributed by atoms with E-state index in [1.54, 1.807) is 0 Å². The SMILES string of the molecule is CCCOc1nc2c(C)c(C)c(C)nc2n1-c1ccc(-c2ccccc2-c2nsc(=O)[nH]2)cc1. The fourth-order valence-corrected chi connectivity index (χ4v) is 4.50. The largest absolute Gasteiger partial charge is 0.464 e. The minimum Gasteiger partial charge on any atom is -0.464 e. The molecule has 0 atom stereocenters. The van der Waals surface area contributed by atoms with Gasteiger partial charge in [0.25, 0.3) is 0 Å². The molecular weight excluding hydrogens is 446 g/mol. The van der Waals surface area contributed by atoms with Gasteiger partial charge in [-0.05, 0) is 61.6 Å². The van der Waals surface area contributed by atoms with Crippen molar-refractivity contribution in [3.63, 3.8) is 0 Å². The second-order valence-electron chi connectivity index (χ2n) is 8.23. The number of ether oxygens (including phenoxy) is 1. The van der Waals surface area contributed by atoms with E-state index in [0.29, 0.717) is 18.4 Å². The third kappa shape index (κ3) is 3.80. The quantitative estimate of drug-likeness (QED) is 0.348. The fraction of sp³-hybridized carbons (Fsp3) is 0.231. The van der Waals surface area contributed by atoms with Crippen LogP contribution in [0, 0.1) is 20.8 Å². The van der Waals surface area contributed by atoms with E-state index in [0.717, 1.165) is 68.3 Å². The highest BCUT2D eigenvalue weighted by Gasteiger charge is 2.19. The molecule has 172 valence electrons. The van der Waals surface area contributed by atoms with Gasteiger partial charge in [0.05, 0.1) is 12.3 Å². The van der Waals surface area contributed by atoms with Crippen molar-refractivity contribution < 1.29 is 4.74 Å². The Kier molecular flexibility index (Phi) is 5.75. The van der Waals surface area contributed by atoms with Crippen LogP contribution in [0.2, 0.25) is 0 Å². The second-order valence-corrected chi connectivity index (χ2v) is 8.97. The van der Waals surface area contributed by atoms with Gasteiger partial charge in [0.2, 0.25) is 0 Å². The van der Waals surface area contributed by atoms with E-state index >= 15 is 0 Å². The van der Waals surface area contributed by atoms with Crippen molar-refractivity contribution >= 4 is 22.7 Å². The summed E-state index contributed by atoms with van der Waals surface area (Å²) in [7, 11) is 0. The number of benzene rings is 2. The van der Waals surface area contributed by atoms with Crippen LogP contribution in [0.5, 0.6) is 6.01 Å². The van der Waals surface area contributed by atoms with Crippen LogP contribution in [-0.2, 0) is 0 Å². The molecule has 8 heteroatoms. The molecule has 0 fully saturated rings. The molecule has 34 heavy (non-hydrogen) atoms. The maximum atomic E-state index is 11.6. The minimum atomic E-state index is -0.167. The van der Waals surface area contributed by atoms with Crippen LogP contribution in [0.3, 0.4) is 0 Å². The lowest BCUT2D eigenvalue weighted by atomic mass is 9.99. The van der Waals surface area contributed by atoms with Gasteiger partial charge >= 0.3 is 10.9 Å². The van der Waals surface area contributed by atoms with Crippen LogP contribution >= 0.6 is 11.5 Å². The van der Waals surface area contributed by atoms with Gasteiger partial charge in [-0.3, -0.25) is 9.78 Å². The lowest BCUT2D eigenvalue weighted by Crippen LogP contribution is -2.04. The Balaban J connectivity index is 1.62. The zero-order valence-electron chi connectivity index (χ0n) is 19.5. The fourth-order valence-electron chi connectivity index (χ4n) is 4.04. The Morgan fingerprint density at radius 2 is 1.71 bits per heavy atom. The minimum absolute atomic E-state index is 0.167. The molecule has 3 aromatic heterocycles. The van der Waals surface area contributed by atoms with Crippen molar-refractivity contribution in [3.8, 4) is 34.2 Å². The van der Waals surface area contributed by atoms with Gasteiger partial charge in [0, 0.05) is 22.8 Å². The third-order valence-corrected chi connectivity index (χ3v) is 6.59. The van der Waals surface area contributed by atoms with Gasteiger partial charge in [0.15, 0.2) is 11.5 Å². The van der Waals surface area contributed by atoms with Crippen molar-refractivity contribution in [2.75, 3.05) is 6.61 Å². The summed E-state index contributed by atoms with van der Waals surface area (Å²) in [6.07, 6.45) is 0.891. The monoisotopic (exact) mass is 471 g/mol. The van der Waals surface area contributed by atoms with Crippen molar-refractivity contribution in [1.29, 1.82) is 0 Å². The summed E-state index contributed by atoms with van der Waals surface area (Å²) in [6.45, 7) is 8.83. The maximum absolute atomic E-state index is 11.6. The van der Waals surface area contributed by atoms with E-state index in [1.165, 1.54) is 0 Å². The van der Waals surface area contributed by atoms with Crippen molar-refractivity contribution in [3.05, 3.63) is 75.0 Å². The normalized spacial score (nSPS) is 11.3. The standard InChI is InChI=1S/C26H25N5O2S/c1-5-14-33-25-28-22-16(3)15(2)17(4)27-24(22)31(25)19-12-10-18(11-13-19)20-8-6-7-9-21(20)23-29-26(32)34-30-23/h6-13H,5,14H2,1-4H3,(H,29,30,32). The van der Waals surface area contributed by atoms with E-state index < -0.39 is 0 Å². The van der Waals surface area contributed by atoms with Crippen LogP contribution in [0.1, 0.15) is 30.2 Å². The molecule has 7 nitrogen and oxygen atoms in total. The number of nitrogens with one attached hydrogen (secondary N) is 1. The predicted molar refractivity (Wildman–Crippen MR) is 136 cm³/mol. The molecule has 5 rings (SSSR count). The van der Waals surface area contributed by atoms with Gasteiger partial charge in [-0.1, -0.05) is 43.3 Å². The molecule has 0 unspecified atom stereocenters. The molecule has 0 aliphatic carbocycles. The van der Waals surface area contributed by atoms with E-state index in [4.69, 9.17) is 14.7 Å². The number of aromatic amines is 1. The molecule has 5 aromatic rings. The summed E-state index contributed by atoms with van der Waals surface area (Å²) in [5, 5.41) is 0. The summed E-state index contributed by atoms with van der Waals surface area (Å²) < 4.78 is 12.3. The second kappa shape index (κ2) is 8.87. The van der Waals surface area contributed by atoms with Gasteiger partial charge < -0.3 is 4.74 Å². The number of H-pyrrole nitrogens is 1. The molecule has 0 spiro atoms. The van der Waals surface area contributed by atoms with Gasteiger partial charge in [-0.2, -0.15) is 9.36 Å². The van der Waals surface area contributed by atoms with Gasteiger partial charge in [-0.15, -0.1) is 0 Å². The molecule has 0 aliphatic rings. The number of rotatable bonds is 6. The number of imidazole rings is 1. The van der Waals surface area contributed by atoms with Crippen molar-refractivity contribution in [2.24, 2.45) is 0 Å². The topological polar surface area (TPSA) is 85.7 Å². The first-order chi connectivity index (χ1) is 16.5. The summed E-state index contributed by atoms with van der Waals surface area (Å²) >= 11 is 0.924. The molecule has 0 saturated carbocycles. The number of pyridine rings is 1. The Morgan fingerprint density at radius 1 is 0.971 bits per heavy atom. The molecule has 0 aliphatic heterocycles. The Bertz CT molecular complexity index is 1550. The number of aromatic nitrogens is 5. The lowest BCUT2D eigenvalue weighted by Gasteiger charge is -2.12. The van der Waals surface area contributed by atoms with E-state index in [2.05, 4.69) is 42.3 Å². The summed E-state index contributed by atoms with van der Waals surface area (Å²) in [5.41, 5.74) is 8.71. The van der Waals surface area contributed by atoms with Crippen molar-refractivity contribution in [1.82, 2.24) is 23.9 Å². The average Bonchev–Trinajstić information content (AvgIpc) is 3.45. The smallest absolute Gasteiger partial charge is 0.323 e. The molecule has 1 N–H and O–H groups in total. The first kappa shape index (κ1) is 22.0. The number of hydrogen-bond acceptors (Lipinski definition) is 6. The van der Waals surface area contributed by atoms with Crippen LogP contribution in [0.25, 0.3) is 39.4 Å². The molecular formula is C26H25N5O2S. The third-order valence-electron chi connectivity index (χ3n) is 6.05. The maximum Gasteiger partial charge on any atom is 0.323 e. The van der Waals surface area contributed by atoms with E-state index in [9.17, 15) is 4.79 Å². The number of hydrogen-bond donors (Lipinski definition) is 1. The predicted octanol–water partition coefficient (Wildman–Crippen LogP) is 5.61. The molecule has 3 heterocycles. The van der Waals surface area contributed by atoms with Crippen molar-refractivity contribution in [2.45, 2.75) is 34.1 Å². The summed E-state index contributed by atoms with van der Waals surface area (Å²) in [6, 6.07) is 16.7. The Hall–Kier alpha value is -3.78. The van der Waals surface area contributed by atoms with Gasteiger partial charge in [-0.25, -0.2) is 9.55 Å². The van der Waals surface area contributed by atoms with E-state index in [1.807, 2.05) is 47.9 Å². The molecule has 0 amide bonds. The summed E-state index contributed by atoms with van der Waals surface area (Å²) in [4.78, 5) is 24.0. The Morgan fingerprint density at radius 3 is 2.38 bits per heavy atom. The first-order valence-corrected chi connectivity index (χ1v) is 12.0. The molecule has 0 radical (unpaired) electrons. The van der Waals surface area contributed by atoms with Crippen LogP contribution in [0.4, 0.5) is 0 Å². The molecule has 0 saturated heterocycles. The highest BCUT2D eigenvalue weighted by Crippen LogP contribution is 2.33. The lowest BCUT2D eigenvalue weighted by molar-refractivity contribution is 0.289. The molecule has 0 bridgehead atoms. The number of nitrogens with zero attached hydrogens (tertiary/aromatic N) is 4. The van der Waals surface area contributed by atoms with E-state index in [-0.39, 0.29) is 4.87 Å². The van der Waals surface area contributed by atoms with Crippen LogP contribution in [0.15, 0.2) is 53.3 Å². The van der Waals surface area contributed by atoms with Crippen LogP contribution in [-0.4, -0.2) is 30.5 Å². The highest BCUT2D eigenvalue weighted by atomic mass is 32.1. The zero-order valence-corrected chi connectivity index (χ0v) is 20.4.